The molecular weight excluding hydrogens is 236 g/mol. The van der Waals surface area contributed by atoms with Crippen LogP contribution in [0.15, 0.2) is 6.07 Å². The molecule has 0 bridgehead atoms. The molecule has 0 aliphatic heterocycles. The molecule has 1 aliphatic rings. The number of nitrogens with zero attached hydrogens (tertiary/aromatic N) is 3. The van der Waals surface area contributed by atoms with Crippen LogP contribution in [0.1, 0.15) is 44.7 Å². The van der Waals surface area contributed by atoms with Gasteiger partial charge in [0, 0.05) is 31.9 Å². The molecule has 1 saturated carbocycles. The number of rotatable bonds is 4. The van der Waals surface area contributed by atoms with Gasteiger partial charge >= 0.3 is 0 Å². The highest BCUT2D eigenvalue weighted by atomic mass is 15.2. The van der Waals surface area contributed by atoms with Crippen molar-refractivity contribution in [2.45, 2.75) is 52.0 Å². The van der Waals surface area contributed by atoms with Crippen molar-refractivity contribution in [1.29, 1.82) is 0 Å². The molecule has 1 aromatic rings. The van der Waals surface area contributed by atoms with Crippen molar-refractivity contribution < 1.29 is 0 Å². The van der Waals surface area contributed by atoms with Crippen LogP contribution in [0, 0.1) is 12.8 Å². The van der Waals surface area contributed by atoms with Gasteiger partial charge in [-0.1, -0.05) is 13.3 Å². The Morgan fingerprint density at radius 2 is 1.95 bits per heavy atom. The Morgan fingerprint density at radius 1 is 1.26 bits per heavy atom. The molecule has 1 aromatic heterocycles. The van der Waals surface area contributed by atoms with E-state index < -0.39 is 0 Å². The third kappa shape index (κ3) is 3.37. The van der Waals surface area contributed by atoms with Crippen molar-refractivity contribution in [3.8, 4) is 0 Å². The zero-order valence-corrected chi connectivity index (χ0v) is 12.6. The molecule has 0 saturated heterocycles. The highest BCUT2D eigenvalue weighted by Crippen LogP contribution is 2.30. The minimum absolute atomic E-state index is 0.627. The highest BCUT2D eigenvalue weighted by molar-refractivity contribution is 5.44. The Labute approximate surface area is 116 Å². The molecule has 0 aromatic carbocycles. The van der Waals surface area contributed by atoms with Crippen LogP contribution >= 0.6 is 0 Å². The van der Waals surface area contributed by atoms with Crippen LogP contribution in [-0.2, 0) is 0 Å². The lowest BCUT2D eigenvalue weighted by atomic mass is 9.84. The largest absolute Gasteiger partial charge is 0.357 e. The lowest BCUT2D eigenvalue weighted by Crippen LogP contribution is -2.35. The molecular formula is C15H26N4. The van der Waals surface area contributed by atoms with Crippen molar-refractivity contribution >= 4 is 11.8 Å². The molecule has 4 nitrogen and oxygen atoms in total. The fraction of sp³-hybridized carbons (Fsp3) is 0.733. The molecule has 0 radical (unpaired) electrons. The molecule has 0 atom stereocenters. The van der Waals surface area contributed by atoms with Crippen LogP contribution in [-0.4, -0.2) is 30.1 Å². The van der Waals surface area contributed by atoms with Crippen molar-refractivity contribution in [2.75, 3.05) is 24.3 Å². The number of nitrogens with one attached hydrogen (secondary N) is 1. The first-order valence-corrected chi connectivity index (χ1v) is 7.40. The summed E-state index contributed by atoms with van der Waals surface area (Å²) in [5.41, 5.74) is 1.02. The summed E-state index contributed by atoms with van der Waals surface area (Å²) in [6.07, 6.45) is 6.61. The average molecular weight is 262 g/mol. The lowest BCUT2D eigenvalue weighted by Gasteiger charge is -2.35. The molecule has 19 heavy (non-hydrogen) atoms. The van der Waals surface area contributed by atoms with E-state index in [1.807, 2.05) is 14.0 Å². The summed E-state index contributed by atoms with van der Waals surface area (Å²) >= 11 is 0. The summed E-state index contributed by atoms with van der Waals surface area (Å²) in [5, 5.41) is 3.03. The summed E-state index contributed by atoms with van der Waals surface area (Å²) in [6, 6.07) is 2.70. The molecule has 0 amide bonds. The van der Waals surface area contributed by atoms with Crippen LogP contribution in [0.2, 0.25) is 0 Å². The molecule has 1 heterocycles. The molecule has 0 unspecified atom stereocenters. The Morgan fingerprint density at radius 3 is 2.53 bits per heavy atom. The smallest absolute Gasteiger partial charge is 0.224 e. The maximum atomic E-state index is 4.57. The second-order valence-electron chi connectivity index (χ2n) is 5.63. The monoisotopic (exact) mass is 262 g/mol. The van der Waals surface area contributed by atoms with Crippen molar-refractivity contribution in [3.63, 3.8) is 0 Å². The average Bonchev–Trinajstić information content (AvgIpc) is 2.46. The van der Waals surface area contributed by atoms with Crippen LogP contribution < -0.4 is 10.2 Å². The Hall–Kier alpha value is -1.32. The van der Waals surface area contributed by atoms with Crippen LogP contribution in [0.5, 0.6) is 0 Å². The second-order valence-corrected chi connectivity index (χ2v) is 5.63. The number of aromatic nitrogens is 2. The van der Waals surface area contributed by atoms with Crippen molar-refractivity contribution in [1.82, 2.24) is 9.97 Å². The van der Waals surface area contributed by atoms with Crippen molar-refractivity contribution in [2.24, 2.45) is 5.92 Å². The molecule has 1 fully saturated rings. The first-order chi connectivity index (χ1) is 9.13. The van der Waals surface area contributed by atoms with Gasteiger partial charge in [0.1, 0.15) is 5.82 Å². The molecule has 1 aliphatic carbocycles. The minimum Gasteiger partial charge on any atom is -0.357 e. The van der Waals surface area contributed by atoms with Gasteiger partial charge in [0.05, 0.1) is 0 Å². The summed E-state index contributed by atoms with van der Waals surface area (Å²) in [7, 11) is 4.03. The Bertz CT molecular complexity index is 411. The quantitative estimate of drug-likeness (QED) is 0.904. The summed E-state index contributed by atoms with van der Waals surface area (Å²) < 4.78 is 0. The Kier molecular flexibility index (Phi) is 4.61. The predicted molar refractivity (Wildman–Crippen MR) is 80.8 cm³/mol. The van der Waals surface area contributed by atoms with Gasteiger partial charge in [0.2, 0.25) is 5.95 Å². The number of anilines is 2. The highest BCUT2D eigenvalue weighted by Gasteiger charge is 2.24. The van der Waals surface area contributed by atoms with Crippen molar-refractivity contribution in [3.05, 3.63) is 11.8 Å². The maximum Gasteiger partial charge on any atom is 0.224 e. The zero-order chi connectivity index (χ0) is 13.8. The Balaban J connectivity index is 2.07. The van der Waals surface area contributed by atoms with Crippen LogP contribution in [0.4, 0.5) is 11.8 Å². The second kappa shape index (κ2) is 6.22. The van der Waals surface area contributed by atoms with E-state index in [0.717, 1.165) is 17.4 Å². The van der Waals surface area contributed by atoms with Gasteiger partial charge in [-0.2, -0.15) is 4.98 Å². The number of hydrogen-bond acceptors (Lipinski definition) is 4. The van der Waals surface area contributed by atoms with E-state index in [4.69, 9.17) is 0 Å². The normalized spacial score (nSPS) is 23.2. The van der Waals surface area contributed by atoms with E-state index in [2.05, 4.69) is 40.2 Å². The molecule has 0 spiro atoms. The fourth-order valence-electron chi connectivity index (χ4n) is 2.97. The molecule has 2 rings (SSSR count). The lowest BCUT2D eigenvalue weighted by molar-refractivity contribution is 0.313. The van der Waals surface area contributed by atoms with Gasteiger partial charge < -0.3 is 10.2 Å². The summed E-state index contributed by atoms with van der Waals surface area (Å²) in [4.78, 5) is 11.3. The van der Waals surface area contributed by atoms with Gasteiger partial charge in [0.15, 0.2) is 0 Å². The van der Waals surface area contributed by atoms with Gasteiger partial charge in [-0.05, 0) is 38.5 Å². The first-order valence-electron chi connectivity index (χ1n) is 7.40. The standard InChI is InChI=1S/C15H26N4/c1-5-12-6-8-13(9-7-12)19(4)14-10-11(2)17-15(16-3)18-14/h10,12-13H,5-9H2,1-4H3,(H,16,17,18). The van der Waals surface area contributed by atoms with E-state index in [1.165, 1.54) is 32.1 Å². The van der Waals surface area contributed by atoms with Crippen LogP contribution in [0.3, 0.4) is 0 Å². The van der Waals surface area contributed by atoms with E-state index in [0.29, 0.717) is 12.0 Å². The summed E-state index contributed by atoms with van der Waals surface area (Å²) in [5.74, 6) is 2.69. The SMILES string of the molecule is CCC1CCC(N(C)c2cc(C)nc(NC)n2)CC1. The van der Waals surface area contributed by atoms with Gasteiger partial charge in [-0.3, -0.25) is 0 Å². The van der Waals surface area contributed by atoms with Gasteiger partial charge in [-0.15, -0.1) is 0 Å². The third-order valence-electron chi connectivity index (χ3n) is 4.37. The molecule has 4 heteroatoms. The molecule has 106 valence electrons. The predicted octanol–water partition coefficient (Wildman–Crippen LogP) is 3.23. The maximum absolute atomic E-state index is 4.57. The molecule has 1 N–H and O–H groups in total. The minimum atomic E-state index is 0.627. The van der Waals surface area contributed by atoms with E-state index >= 15 is 0 Å². The zero-order valence-electron chi connectivity index (χ0n) is 12.6. The first kappa shape index (κ1) is 14.1. The summed E-state index contributed by atoms with van der Waals surface area (Å²) in [6.45, 7) is 4.33. The third-order valence-corrected chi connectivity index (χ3v) is 4.37. The van der Waals surface area contributed by atoms with Gasteiger partial charge in [-0.25, -0.2) is 4.98 Å². The number of hydrogen-bond donors (Lipinski definition) is 1. The number of aryl methyl sites for hydroxylation is 1. The van der Waals surface area contributed by atoms with E-state index in [-0.39, 0.29) is 0 Å². The van der Waals surface area contributed by atoms with Crippen LogP contribution in [0.25, 0.3) is 0 Å². The topological polar surface area (TPSA) is 41.1 Å². The van der Waals surface area contributed by atoms with E-state index in [9.17, 15) is 0 Å². The van der Waals surface area contributed by atoms with E-state index in [1.54, 1.807) is 0 Å². The fourth-order valence-corrected chi connectivity index (χ4v) is 2.97. The van der Waals surface area contributed by atoms with Gasteiger partial charge in [0.25, 0.3) is 0 Å².